The van der Waals surface area contributed by atoms with Crippen LogP contribution >= 0.6 is 0 Å². The van der Waals surface area contributed by atoms with Crippen molar-refractivity contribution >= 4 is 5.78 Å². The van der Waals surface area contributed by atoms with Crippen LogP contribution in [0.3, 0.4) is 0 Å². The van der Waals surface area contributed by atoms with E-state index in [0.717, 1.165) is 22.3 Å². The highest BCUT2D eigenvalue weighted by Crippen LogP contribution is 2.33. The van der Waals surface area contributed by atoms with Crippen LogP contribution in [0.4, 0.5) is 0 Å². The average Bonchev–Trinajstić information content (AvgIpc) is 3.67. The summed E-state index contributed by atoms with van der Waals surface area (Å²) in [5.74, 6) is 0.0965. The Morgan fingerprint density at radius 1 is 0.511 bits per heavy atom. The number of ether oxygens (including phenoxy) is 5. The molecule has 1 aliphatic heterocycles. The van der Waals surface area contributed by atoms with Gasteiger partial charge in [0.2, 0.25) is 5.78 Å². The van der Waals surface area contributed by atoms with Crippen molar-refractivity contribution in [1.82, 2.24) is 0 Å². The predicted octanol–water partition coefficient (Wildman–Crippen LogP) is 7.59. The fraction of sp³-hybridized carbons (Fsp3) is 0.275. The van der Waals surface area contributed by atoms with Crippen molar-refractivity contribution in [3.63, 3.8) is 0 Å². The van der Waals surface area contributed by atoms with Crippen LogP contribution in [0.5, 0.6) is 0 Å². The van der Waals surface area contributed by atoms with Crippen LogP contribution in [-0.2, 0) is 50.1 Å². The predicted molar refractivity (Wildman–Crippen MR) is 177 cm³/mol. The van der Waals surface area contributed by atoms with Crippen molar-refractivity contribution in [3.05, 3.63) is 168 Å². The number of carbonyl (C=O) groups is 1. The second-order valence-corrected chi connectivity index (χ2v) is 11.6. The van der Waals surface area contributed by atoms with Crippen LogP contribution in [0.1, 0.15) is 39.2 Å². The number of hydrogen-bond donors (Lipinski definition) is 0. The number of benzene rings is 4. The first-order valence-electron chi connectivity index (χ1n) is 16.0. The number of carbonyl (C=O) groups excluding carboxylic acids is 1. The van der Waals surface area contributed by atoms with Crippen molar-refractivity contribution < 1.29 is 32.9 Å². The van der Waals surface area contributed by atoms with Crippen molar-refractivity contribution in [2.24, 2.45) is 0 Å². The summed E-state index contributed by atoms with van der Waals surface area (Å²) >= 11 is 0. The van der Waals surface area contributed by atoms with Crippen LogP contribution in [-0.4, -0.2) is 42.9 Å². The van der Waals surface area contributed by atoms with Gasteiger partial charge in [-0.3, -0.25) is 4.79 Å². The molecule has 7 heteroatoms. The van der Waals surface area contributed by atoms with Crippen molar-refractivity contribution in [1.29, 1.82) is 0 Å². The summed E-state index contributed by atoms with van der Waals surface area (Å²) in [6.45, 7) is 1.63. The van der Waals surface area contributed by atoms with E-state index in [2.05, 4.69) is 0 Å². The summed E-state index contributed by atoms with van der Waals surface area (Å²) in [7, 11) is 0. The van der Waals surface area contributed by atoms with Gasteiger partial charge >= 0.3 is 0 Å². The van der Waals surface area contributed by atoms with Gasteiger partial charge in [0.25, 0.3) is 0 Å². The summed E-state index contributed by atoms with van der Waals surface area (Å²) in [6.07, 6.45) is -1.45. The lowest BCUT2D eigenvalue weighted by Gasteiger charge is -2.46. The molecule has 1 aromatic heterocycles. The van der Waals surface area contributed by atoms with Crippen molar-refractivity contribution in [2.45, 2.75) is 63.4 Å². The molecular formula is C40H40O7. The molecule has 6 rings (SSSR count). The zero-order valence-corrected chi connectivity index (χ0v) is 26.3. The molecule has 0 N–H and O–H groups in total. The summed E-state index contributed by atoms with van der Waals surface area (Å²) < 4.78 is 38.5. The van der Waals surface area contributed by atoms with Crippen molar-refractivity contribution in [2.75, 3.05) is 6.61 Å². The molecule has 0 amide bonds. The van der Waals surface area contributed by atoms with E-state index in [1.54, 1.807) is 12.1 Å². The highest BCUT2D eigenvalue weighted by molar-refractivity contribution is 5.93. The minimum atomic E-state index is -0.654. The van der Waals surface area contributed by atoms with E-state index in [-0.39, 0.29) is 24.6 Å². The maximum atomic E-state index is 13.4. The van der Waals surface area contributed by atoms with Crippen LogP contribution < -0.4 is 0 Å². The average molecular weight is 633 g/mol. The Kier molecular flexibility index (Phi) is 11.8. The lowest BCUT2D eigenvalue weighted by molar-refractivity contribution is -0.271. The molecule has 242 valence electrons. The standard InChI is InChI=1S/C40H40O7/c41-34(35-22-13-23-43-35)24-36-38(44-26-31-16-7-2-8-17-31)40(46-28-33-20-11-4-12-21-33)39(45-27-32-18-9-3-10-19-32)37(47-36)29-42-25-30-14-5-1-6-15-30/h1-23,36-40H,24-29H2/t36-,37?,38?,39+,40+/m0/s1. The monoisotopic (exact) mass is 632 g/mol. The molecule has 2 heterocycles. The first kappa shape index (κ1) is 32.6. The second-order valence-electron chi connectivity index (χ2n) is 11.6. The highest BCUT2D eigenvalue weighted by Gasteiger charge is 2.49. The van der Waals surface area contributed by atoms with Crippen LogP contribution in [0.15, 0.2) is 144 Å². The maximum Gasteiger partial charge on any atom is 0.200 e. The summed E-state index contributed by atoms with van der Waals surface area (Å²) in [5.41, 5.74) is 4.09. The van der Waals surface area contributed by atoms with Gasteiger partial charge in [-0.05, 0) is 34.4 Å². The Labute approximate surface area is 276 Å². The van der Waals surface area contributed by atoms with Gasteiger partial charge in [-0.15, -0.1) is 0 Å². The molecule has 1 saturated heterocycles. The van der Waals surface area contributed by atoms with Crippen LogP contribution in [0.25, 0.3) is 0 Å². The lowest BCUT2D eigenvalue weighted by Crippen LogP contribution is -2.61. The number of Topliss-reactive ketones (excluding diaryl/α,β-unsaturated/α-hetero) is 1. The Hall–Kier alpha value is -4.37. The first-order chi connectivity index (χ1) is 23.2. The van der Waals surface area contributed by atoms with Gasteiger partial charge in [-0.2, -0.15) is 0 Å². The molecule has 7 nitrogen and oxygen atoms in total. The SMILES string of the molecule is O=C(C[C@@H]1OC(COCc2ccccc2)[C@@H](OCc2ccccc2)[C@H](OCc2ccccc2)C1OCc1ccccc1)c1ccco1. The van der Waals surface area contributed by atoms with Gasteiger partial charge in [-0.1, -0.05) is 121 Å². The molecule has 4 aromatic carbocycles. The number of hydrogen-bond acceptors (Lipinski definition) is 7. The normalized spacial score (nSPS) is 21.0. The largest absolute Gasteiger partial charge is 0.461 e. The third-order valence-electron chi connectivity index (χ3n) is 8.16. The third kappa shape index (κ3) is 9.35. The van der Waals surface area contributed by atoms with Crippen molar-refractivity contribution in [3.8, 4) is 0 Å². The van der Waals surface area contributed by atoms with Gasteiger partial charge in [0, 0.05) is 6.42 Å². The van der Waals surface area contributed by atoms with E-state index in [4.69, 9.17) is 28.1 Å². The Balaban J connectivity index is 1.31. The number of ketones is 1. The third-order valence-corrected chi connectivity index (χ3v) is 8.16. The van der Waals surface area contributed by atoms with Crippen LogP contribution in [0.2, 0.25) is 0 Å². The minimum Gasteiger partial charge on any atom is -0.461 e. The summed E-state index contributed by atoms with van der Waals surface area (Å²) in [6, 6.07) is 43.3. The molecule has 0 bridgehead atoms. The van der Waals surface area contributed by atoms with Gasteiger partial charge in [0.1, 0.15) is 24.4 Å². The van der Waals surface area contributed by atoms with E-state index < -0.39 is 30.5 Å². The molecule has 47 heavy (non-hydrogen) atoms. The van der Waals surface area contributed by atoms with Crippen LogP contribution in [0, 0.1) is 0 Å². The van der Waals surface area contributed by atoms with E-state index in [1.807, 2.05) is 121 Å². The maximum absolute atomic E-state index is 13.4. The first-order valence-corrected chi connectivity index (χ1v) is 16.0. The second kappa shape index (κ2) is 17.0. The Morgan fingerprint density at radius 3 is 1.43 bits per heavy atom. The molecule has 5 atom stereocenters. The van der Waals surface area contributed by atoms with E-state index in [1.165, 1.54) is 6.26 Å². The number of rotatable bonds is 16. The highest BCUT2D eigenvalue weighted by atomic mass is 16.6. The Bertz CT molecular complexity index is 1590. The molecule has 0 radical (unpaired) electrons. The van der Waals surface area contributed by atoms with E-state index >= 15 is 0 Å². The molecule has 0 spiro atoms. The lowest BCUT2D eigenvalue weighted by atomic mass is 9.91. The smallest absolute Gasteiger partial charge is 0.200 e. The zero-order valence-electron chi connectivity index (χ0n) is 26.3. The molecule has 0 saturated carbocycles. The molecule has 1 fully saturated rings. The molecule has 1 aliphatic rings. The quantitative estimate of drug-likeness (QED) is 0.104. The minimum absolute atomic E-state index is 0.0404. The fourth-order valence-electron chi connectivity index (χ4n) is 5.77. The summed E-state index contributed by atoms with van der Waals surface area (Å²) in [4.78, 5) is 13.4. The molecule has 0 aliphatic carbocycles. The van der Waals surface area contributed by atoms with E-state index in [0.29, 0.717) is 26.4 Å². The van der Waals surface area contributed by atoms with Gasteiger partial charge < -0.3 is 28.1 Å². The summed E-state index contributed by atoms with van der Waals surface area (Å²) in [5, 5.41) is 0. The molecule has 5 aromatic rings. The number of furan rings is 1. The van der Waals surface area contributed by atoms with Gasteiger partial charge in [0.15, 0.2) is 5.76 Å². The molecular weight excluding hydrogens is 592 g/mol. The topological polar surface area (TPSA) is 76.4 Å². The van der Waals surface area contributed by atoms with E-state index in [9.17, 15) is 4.79 Å². The van der Waals surface area contributed by atoms with Gasteiger partial charge in [0.05, 0.1) is 45.4 Å². The Morgan fingerprint density at radius 2 is 0.957 bits per heavy atom. The zero-order chi connectivity index (χ0) is 32.1. The molecule has 2 unspecified atom stereocenters. The fourth-order valence-corrected chi connectivity index (χ4v) is 5.77. The van der Waals surface area contributed by atoms with Gasteiger partial charge in [-0.25, -0.2) is 0 Å².